The minimum absolute atomic E-state index is 0.0343. The first-order valence-electron chi connectivity index (χ1n) is 11.6. The van der Waals surface area contributed by atoms with Crippen LogP contribution in [0.25, 0.3) is 0 Å². The predicted octanol–water partition coefficient (Wildman–Crippen LogP) is 3.18. The zero-order valence-electron chi connectivity index (χ0n) is 18.5. The Labute approximate surface area is 180 Å². The second-order valence-corrected chi connectivity index (χ2v) is 11.7. The van der Waals surface area contributed by atoms with Crippen LogP contribution in [0.3, 0.4) is 0 Å². The van der Waals surface area contributed by atoms with E-state index in [1.807, 2.05) is 19.1 Å². The standard InChI is InChI=1S/C23H36N2O4S/c1-4-30(27,28)24-21-12-9-18-8-5-15(2)23(26)25(18)22(21)14-29-19-10-6-17(7-11-19)20-13-16(20)3/h5,8,16-17,19-22,24H,4,6-7,9-14H2,1-3H3. The Morgan fingerprint density at radius 1 is 1.17 bits per heavy atom. The van der Waals surface area contributed by atoms with Crippen molar-refractivity contribution in [1.29, 1.82) is 0 Å². The molecule has 0 bridgehead atoms. The second-order valence-electron chi connectivity index (χ2n) is 9.66. The van der Waals surface area contributed by atoms with Crippen molar-refractivity contribution in [3.05, 3.63) is 33.7 Å². The number of nitrogens with zero attached hydrogens (tertiary/aromatic N) is 1. The van der Waals surface area contributed by atoms with Crippen LogP contribution < -0.4 is 10.3 Å². The van der Waals surface area contributed by atoms with Gasteiger partial charge in [0.05, 0.1) is 24.5 Å². The lowest BCUT2D eigenvalue weighted by molar-refractivity contribution is -0.00875. The van der Waals surface area contributed by atoms with Crippen molar-refractivity contribution in [2.75, 3.05) is 12.4 Å². The molecule has 1 aromatic rings. The van der Waals surface area contributed by atoms with Gasteiger partial charge in [0.15, 0.2) is 0 Å². The molecule has 7 heteroatoms. The van der Waals surface area contributed by atoms with E-state index in [9.17, 15) is 13.2 Å². The Bertz CT molecular complexity index is 918. The molecule has 2 aliphatic carbocycles. The van der Waals surface area contributed by atoms with Gasteiger partial charge in [0.1, 0.15) is 0 Å². The monoisotopic (exact) mass is 436 g/mol. The lowest BCUT2D eigenvalue weighted by Crippen LogP contribution is -2.50. The van der Waals surface area contributed by atoms with E-state index in [4.69, 9.17) is 4.74 Å². The topological polar surface area (TPSA) is 77.4 Å². The van der Waals surface area contributed by atoms with Gasteiger partial charge in [-0.1, -0.05) is 13.0 Å². The van der Waals surface area contributed by atoms with Crippen LogP contribution in [-0.4, -0.2) is 37.5 Å². The number of sulfonamides is 1. The van der Waals surface area contributed by atoms with Crippen LogP contribution in [0.1, 0.15) is 69.7 Å². The van der Waals surface area contributed by atoms with Crippen molar-refractivity contribution in [3.63, 3.8) is 0 Å². The third-order valence-corrected chi connectivity index (χ3v) is 9.03. The molecule has 4 atom stereocenters. The first-order chi connectivity index (χ1) is 14.3. The van der Waals surface area contributed by atoms with Gasteiger partial charge in [-0.05, 0) is 82.6 Å². The van der Waals surface area contributed by atoms with Crippen LogP contribution >= 0.6 is 0 Å². The zero-order chi connectivity index (χ0) is 21.5. The van der Waals surface area contributed by atoms with Gasteiger partial charge < -0.3 is 9.30 Å². The van der Waals surface area contributed by atoms with Gasteiger partial charge in [-0.2, -0.15) is 0 Å². The van der Waals surface area contributed by atoms with Crippen molar-refractivity contribution in [1.82, 2.24) is 9.29 Å². The van der Waals surface area contributed by atoms with Crippen LogP contribution in [0.15, 0.2) is 16.9 Å². The number of aryl methyl sites for hydroxylation is 2. The van der Waals surface area contributed by atoms with E-state index in [2.05, 4.69) is 11.6 Å². The average Bonchev–Trinajstić information content (AvgIpc) is 3.46. The second kappa shape index (κ2) is 8.75. The first kappa shape index (κ1) is 22.0. The Kier molecular flexibility index (Phi) is 6.43. The summed E-state index contributed by atoms with van der Waals surface area (Å²) >= 11 is 0. The minimum Gasteiger partial charge on any atom is -0.376 e. The molecule has 168 valence electrons. The zero-order valence-corrected chi connectivity index (χ0v) is 19.3. The van der Waals surface area contributed by atoms with E-state index in [1.54, 1.807) is 11.5 Å². The highest BCUT2D eigenvalue weighted by atomic mass is 32.2. The molecular weight excluding hydrogens is 400 g/mol. The lowest BCUT2D eigenvalue weighted by Gasteiger charge is -2.37. The maximum atomic E-state index is 12.9. The summed E-state index contributed by atoms with van der Waals surface area (Å²) in [5, 5.41) is 0. The summed E-state index contributed by atoms with van der Waals surface area (Å²) in [4.78, 5) is 12.9. The summed E-state index contributed by atoms with van der Waals surface area (Å²) in [6, 6.07) is 3.24. The lowest BCUT2D eigenvalue weighted by atomic mass is 9.83. The summed E-state index contributed by atoms with van der Waals surface area (Å²) in [6.45, 7) is 6.18. The predicted molar refractivity (Wildman–Crippen MR) is 118 cm³/mol. The molecular formula is C23H36N2O4S. The highest BCUT2D eigenvalue weighted by molar-refractivity contribution is 7.89. The fourth-order valence-electron chi connectivity index (χ4n) is 5.50. The average molecular weight is 437 g/mol. The van der Waals surface area contributed by atoms with Crippen molar-refractivity contribution >= 4 is 10.0 Å². The Hall–Kier alpha value is -1.18. The van der Waals surface area contributed by atoms with Crippen LogP contribution in [0.5, 0.6) is 0 Å². The number of hydrogen-bond donors (Lipinski definition) is 1. The van der Waals surface area contributed by atoms with E-state index in [-0.39, 0.29) is 29.5 Å². The number of nitrogens with one attached hydrogen (secondary N) is 1. The molecule has 1 aromatic heterocycles. The molecule has 0 spiro atoms. The number of fused-ring (bicyclic) bond motifs is 1. The van der Waals surface area contributed by atoms with Gasteiger partial charge in [0.25, 0.3) is 5.56 Å². The Balaban J connectivity index is 1.48. The van der Waals surface area contributed by atoms with Crippen molar-refractivity contribution < 1.29 is 13.2 Å². The maximum Gasteiger partial charge on any atom is 0.254 e. The summed E-state index contributed by atoms with van der Waals surface area (Å²) < 4.78 is 35.5. The molecule has 3 aliphatic rings. The highest BCUT2D eigenvalue weighted by Gasteiger charge is 2.41. The van der Waals surface area contributed by atoms with Crippen LogP contribution in [0.4, 0.5) is 0 Å². The number of aromatic nitrogens is 1. The number of ether oxygens (including phenoxy) is 1. The molecule has 0 amide bonds. The molecule has 2 heterocycles. The molecule has 4 rings (SSSR count). The quantitative estimate of drug-likeness (QED) is 0.712. The third kappa shape index (κ3) is 4.68. The summed E-state index contributed by atoms with van der Waals surface area (Å²) in [6.07, 6.45) is 7.57. The number of hydrogen-bond acceptors (Lipinski definition) is 4. The number of rotatable bonds is 7. The van der Waals surface area contributed by atoms with E-state index >= 15 is 0 Å². The van der Waals surface area contributed by atoms with Crippen molar-refractivity contribution in [2.45, 2.75) is 83.9 Å². The van der Waals surface area contributed by atoms with E-state index < -0.39 is 10.0 Å². The van der Waals surface area contributed by atoms with Crippen LogP contribution in [0.2, 0.25) is 0 Å². The van der Waals surface area contributed by atoms with Crippen molar-refractivity contribution in [3.8, 4) is 0 Å². The molecule has 2 saturated carbocycles. The van der Waals surface area contributed by atoms with Gasteiger partial charge in [0.2, 0.25) is 10.0 Å². The molecule has 2 fully saturated rings. The Morgan fingerprint density at radius 3 is 2.50 bits per heavy atom. The molecule has 4 unspecified atom stereocenters. The van der Waals surface area contributed by atoms with E-state index in [0.717, 1.165) is 36.3 Å². The molecule has 0 saturated heterocycles. The van der Waals surface area contributed by atoms with Gasteiger partial charge in [-0.25, -0.2) is 13.1 Å². The van der Waals surface area contributed by atoms with E-state index in [0.29, 0.717) is 25.0 Å². The van der Waals surface area contributed by atoms with Gasteiger partial charge >= 0.3 is 0 Å². The molecule has 6 nitrogen and oxygen atoms in total. The molecule has 1 N–H and O–H groups in total. The maximum absolute atomic E-state index is 12.9. The molecule has 30 heavy (non-hydrogen) atoms. The van der Waals surface area contributed by atoms with Crippen LogP contribution in [0, 0.1) is 24.7 Å². The minimum atomic E-state index is -3.36. The molecule has 1 aliphatic heterocycles. The smallest absolute Gasteiger partial charge is 0.254 e. The third-order valence-electron chi connectivity index (χ3n) is 7.61. The van der Waals surface area contributed by atoms with Crippen molar-refractivity contribution in [2.24, 2.45) is 17.8 Å². The van der Waals surface area contributed by atoms with E-state index in [1.165, 1.54) is 19.3 Å². The fraction of sp³-hybridized carbons (Fsp3) is 0.783. The SMILES string of the molecule is CCS(=O)(=O)NC1CCc2ccc(C)c(=O)n2C1COC1CCC(C2CC2C)CC1. The largest absolute Gasteiger partial charge is 0.376 e. The Morgan fingerprint density at radius 2 is 1.87 bits per heavy atom. The number of pyridine rings is 1. The highest BCUT2D eigenvalue weighted by Crippen LogP contribution is 2.49. The summed E-state index contributed by atoms with van der Waals surface area (Å²) in [7, 11) is -3.36. The normalized spacial score (nSPS) is 33.8. The summed E-state index contributed by atoms with van der Waals surface area (Å²) in [5.41, 5.74) is 1.62. The summed E-state index contributed by atoms with van der Waals surface area (Å²) in [5.74, 6) is 2.71. The molecule has 0 aromatic carbocycles. The van der Waals surface area contributed by atoms with Gasteiger partial charge in [0, 0.05) is 17.3 Å². The van der Waals surface area contributed by atoms with Crippen LogP contribution in [-0.2, 0) is 21.2 Å². The van der Waals surface area contributed by atoms with Gasteiger partial charge in [-0.3, -0.25) is 4.79 Å². The molecule has 0 radical (unpaired) electrons. The fourth-order valence-corrected chi connectivity index (χ4v) is 6.41. The van der Waals surface area contributed by atoms with Gasteiger partial charge in [-0.15, -0.1) is 0 Å². The first-order valence-corrected chi connectivity index (χ1v) is 13.3.